The molecule has 0 unspecified atom stereocenters. The molecular formula is C27H32N2O2. The van der Waals surface area contributed by atoms with Gasteiger partial charge in [-0.25, -0.2) is 0 Å². The van der Waals surface area contributed by atoms with Crippen molar-refractivity contribution in [3.63, 3.8) is 0 Å². The van der Waals surface area contributed by atoms with Crippen LogP contribution in [0.5, 0.6) is 0 Å². The molecule has 0 saturated carbocycles. The van der Waals surface area contributed by atoms with Crippen molar-refractivity contribution in [1.29, 1.82) is 0 Å². The van der Waals surface area contributed by atoms with Crippen LogP contribution in [0, 0.1) is 6.92 Å². The minimum Gasteiger partial charge on any atom is -0.355 e. The first-order chi connectivity index (χ1) is 15.0. The normalized spacial score (nSPS) is 11.8. The Morgan fingerprint density at radius 3 is 2.32 bits per heavy atom. The van der Waals surface area contributed by atoms with Gasteiger partial charge in [-0.1, -0.05) is 73.7 Å². The smallest absolute Gasteiger partial charge is 0.242 e. The van der Waals surface area contributed by atoms with Crippen LogP contribution in [0.25, 0.3) is 10.8 Å². The molecule has 0 aliphatic rings. The van der Waals surface area contributed by atoms with Gasteiger partial charge in [-0.3, -0.25) is 9.59 Å². The fourth-order valence-corrected chi connectivity index (χ4v) is 4.08. The molecule has 0 aliphatic carbocycles. The standard InChI is InChI=1S/C27H32N2O2/c1-4-25(27(31)28-5-2)29(19-23-13-7-6-11-20(23)3)26(30)18-17-22-15-10-14-21-12-8-9-16-24(21)22/h6-16,25H,4-5,17-19H2,1-3H3,(H,28,31)/t25-/m1/s1. The lowest BCUT2D eigenvalue weighted by molar-refractivity contribution is -0.141. The molecule has 1 N–H and O–H groups in total. The van der Waals surface area contributed by atoms with E-state index >= 15 is 0 Å². The Balaban J connectivity index is 1.84. The molecule has 3 aromatic rings. The van der Waals surface area contributed by atoms with Crippen molar-refractivity contribution in [2.75, 3.05) is 6.54 Å². The van der Waals surface area contributed by atoms with Crippen molar-refractivity contribution in [2.45, 2.75) is 52.6 Å². The molecule has 3 rings (SSSR count). The van der Waals surface area contributed by atoms with Crippen molar-refractivity contribution in [3.05, 3.63) is 83.4 Å². The van der Waals surface area contributed by atoms with Crippen LogP contribution in [-0.4, -0.2) is 29.3 Å². The van der Waals surface area contributed by atoms with Crippen LogP contribution in [0.2, 0.25) is 0 Å². The Labute approximate surface area is 185 Å². The highest BCUT2D eigenvalue weighted by Gasteiger charge is 2.28. The van der Waals surface area contributed by atoms with E-state index in [0.29, 0.717) is 32.4 Å². The third-order valence-electron chi connectivity index (χ3n) is 5.83. The van der Waals surface area contributed by atoms with Gasteiger partial charge in [0.05, 0.1) is 0 Å². The molecule has 0 spiro atoms. The predicted octanol–water partition coefficient (Wildman–Crippen LogP) is 5.02. The monoisotopic (exact) mass is 416 g/mol. The summed E-state index contributed by atoms with van der Waals surface area (Å²) in [5.74, 6) is -0.0774. The predicted molar refractivity (Wildman–Crippen MR) is 127 cm³/mol. The van der Waals surface area contributed by atoms with Gasteiger partial charge in [0.1, 0.15) is 6.04 Å². The summed E-state index contributed by atoms with van der Waals surface area (Å²) in [6.45, 7) is 6.90. The first-order valence-electron chi connectivity index (χ1n) is 11.1. The Hall–Kier alpha value is -3.14. The number of aryl methyl sites for hydroxylation is 2. The van der Waals surface area contributed by atoms with Gasteiger partial charge in [-0.2, -0.15) is 0 Å². The highest BCUT2D eigenvalue weighted by molar-refractivity contribution is 5.89. The minimum absolute atomic E-state index is 0.00860. The summed E-state index contributed by atoms with van der Waals surface area (Å²) >= 11 is 0. The molecule has 1 atom stereocenters. The van der Waals surface area contributed by atoms with E-state index in [-0.39, 0.29) is 11.8 Å². The number of rotatable bonds is 9. The van der Waals surface area contributed by atoms with Crippen LogP contribution in [0.15, 0.2) is 66.7 Å². The summed E-state index contributed by atoms with van der Waals surface area (Å²) < 4.78 is 0. The Morgan fingerprint density at radius 2 is 1.58 bits per heavy atom. The van der Waals surface area contributed by atoms with Gasteiger partial charge in [0.15, 0.2) is 0 Å². The Morgan fingerprint density at radius 1 is 0.903 bits per heavy atom. The van der Waals surface area contributed by atoms with E-state index in [1.807, 2.05) is 63.2 Å². The summed E-state index contributed by atoms with van der Waals surface area (Å²) in [5, 5.41) is 5.26. The molecule has 0 aliphatic heterocycles. The van der Waals surface area contributed by atoms with Crippen molar-refractivity contribution >= 4 is 22.6 Å². The van der Waals surface area contributed by atoms with E-state index in [0.717, 1.165) is 16.7 Å². The van der Waals surface area contributed by atoms with Crippen LogP contribution in [-0.2, 0) is 22.6 Å². The van der Waals surface area contributed by atoms with Crippen LogP contribution >= 0.6 is 0 Å². The van der Waals surface area contributed by atoms with Crippen LogP contribution in [0.1, 0.15) is 43.4 Å². The fraction of sp³-hybridized carbons (Fsp3) is 0.333. The molecule has 4 heteroatoms. The highest BCUT2D eigenvalue weighted by atomic mass is 16.2. The zero-order chi connectivity index (χ0) is 22.2. The summed E-state index contributed by atoms with van der Waals surface area (Å²) in [5.41, 5.74) is 3.36. The molecule has 0 bridgehead atoms. The van der Waals surface area contributed by atoms with Gasteiger partial charge >= 0.3 is 0 Å². The fourth-order valence-electron chi connectivity index (χ4n) is 4.08. The third kappa shape index (κ3) is 5.52. The van der Waals surface area contributed by atoms with Gasteiger partial charge in [-0.15, -0.1) is 0 Å². The molecule has 31 heavy (non-hydrogen) atoms. The summed E-state index contributed by atoms with van der Waals surface area (Å²) in [6.07, 6.45) is 1.60. The molecule has 0 radical (unpaired) electrons. The molecule has 3 aromatic carbocycles. The molecule has 0 aromatic heterocycles. The van der Waals surface area contributed by atoms with Crippen LogP contribution in [0.4, 0.5) is 0 Å². The van der Waals surface area contributed by atoms with Gasteiger partial charge in [0.25, 0.3) is 0 Å². The second-order valence-corrected chi connectivity index (χ2v) is 7.91. The zero-order valence-electron chi connectivity index (χ0n) is 18.7. The molecular weight excluding hydrogens is 384 g/mol. The number of nitrogens with zero attached hydrogens (tertiary/aromatic N) is 1. The van der Waals surface area contributed by atoms with Crippen molar-refractivity contribution in [1.82, 2.24) is 10.2 Å². The van der Waals surface area contributed by atoms with E-state index in [1.165, 1.54) is 10.8 Å². The zero-order valence-corrected chi connectivity index (χ0v) is 18.7. The largest absolute Gasteiger partial charge is 0.355 e. The third-order valence-corrected chi connectivity index (χ3v) is 5.83. The second-order valence-electron chi connectivity index (χ2n) is 7.91. The molecule has 162 valence electrons. The number of hydrogen-bond donors (Lipinski definition) is 1. The number of fused-ring (bicyclic) bond motifs is 1. The van der Waals surface area contributed by atoms with E-state index in [2.05, 4.69) is 29.6 Å². The number of hydrogen-bond acceptors (Lipinski definition) is 2. The minimum atomic E-state index is -0.473. The maximum atomic E-state index is 13.4. The quantitative estimate of drug-likeness (QED) is 0.532. The lowest BCUT2D eigenvalue weighted by Crippen LogP contribution is -2.49. The highest BCUT2D eigenvalue weighted by Crippen LogP contribution is 2.21. The second kappa shape index (κ2) is 10.8. The van der Waals surface area contributed by atoms with Gasteiger partial charge in [0.2, 0.25) is 11.8 Å². The SMILES string of the molecule is CCNC(=O)[C@@H](CC)N(Cc1ccccc1C)C(=O)CCc1cccc2ccccc12. The first-order valence-corrected chi connectivity index (χ1v) is 11.1. The first kappa shape index (κ1) is 22.5. The lowest BCUT2D eigenvalue weighted by Gasteiger charge is -2.31. The van der Waals surface area contributed by atoms with E-state index in [9.17, 15) is 9.59 Å². The van der Waals surface area contributed by atoms with Gasteiger partial charge in [-0.05, 0) is 54.2 Å². The van der Waals surface area contributed by atoms with Crippen LogP contribution in [0.3, 0.4) is 0 Å². The molecule has 0 saturated heterocycles. The number of nitrogens with one attached hydrogen (secondary N) is 1. The van der Waals surface area contributed by atoms with Gasteiger partial charge in [0, 0.05) is 19.5 Å². The van der Waals surface area contributed by atoms with Crippen molar-refractivity contribution in [2.24, 2.45) is 0 Å². The molecule has 0 heterocycles. The summed E-state index contributed by atoms with van der Waals surface area (Å²) in [4.78, 5) is 27.9. The van der Waals surface area contributed by atoms with Crippen molar-refractivity contribution < 1.29 is 9.59 Å². The van der Waals surface area contributed by atoms with E-state index < -0.39 is 6.04 Å². The van der Waals surface area contributed by atoms with E-state index in [4.69, 9.17) is 0 Å². The molecule has 4 nitrogen and oxygen atoms in total. The van der Waals surface area contributed by atoms with Crippen LogP contribution < -0.4 is 5.32 Å². The molecule has 0 fully saturated rings. The Kier molecular flexibility index (Phi) is 7.82. The average molecular weight is 417 g/mol. The number of benzene rings is 3. The topological polar surface area (TPSA) is 49.4 Å². The number of carbonyl (C=O) groups excluding carboxylic acids is 2. The maximum Gasteiger partial charge on any atom is 0.242 e. The lowest BCUT2D eigenvalue weighted by atomic mass is 10.00. The number of amides is 2. The Bertz CT molecular complexity index is 1040. The summed E-state index contributed by atoms with van der Waals surface area (Å²) in [7, 11) is 0. The van der Waals surface area contributed by atoms with E-state index in [1.54, 1.807) is 4.90 Å². The summed E-state index contributed by atoms with van der Waals surface area (Å²) in [6, 6.07) is 22.0. The maximum absolute atomic E-state index is 13.4. The number of carbonyl (C=O) groups is 2. The van der Waals surface area contributed by atoms with Gasteiger partial charge < -0.3 is 10.2 Å². The van der Waals surface area contributed by atoms with Crippen molar-refractivity contribution in [3.8, 4) is 0 Å². The number of likely N-dealkylation sites (N-methyl/N-ethyl adjacent to an activating group) is 1. The molecule has 2 amide bonds. The average Bonchev–Trinajstić information content (AvgIpc) is 2.78.